The van der Waals surface area contributed by atoms with Gasteiger partial charge in [0.05, 0.1) is 0 Å². The Bertz CT molecular complexity index is 429. The number of nitrogens with one attached hydrogen (secondary N) is 1. The minimum Gasteiger partial charge on any atom is -0.316 e. The highest BCUT2D eigenvalue weighted by molar-refractivity contribution is 9.10. The summed E-state index contributed by atoms with van der Waals surface area (Å²) in [5.74, 6) is 0.469. The number of carbonyl (C=O) groups is 1. The maximum absolute atomic E-state index is 12.7. The van der Waals surface area contributed by atoms with Gasteiger partial charge in [0.1, 0.15) is 5.69 Å². The average molecular weight is 315 g/mol. The summed E-state index contributed by atoms with van der Waals surface area (Å²) in [6, 6.07) is 0. The van der Waals surface area contributed by atoms with Gasteiger partial charge in [-0.25, -0.2) is 4.68 Å². The van der Waals surface area contributed by atoms with Crippen molar-refractivity contribution in [3.63, 3.8) is 0 Å². The van der Waals surface area contributed by atoms with Gasteiger partial charge in [-0.05, 0) is 47.8 Å². The van der Waals surface area contributed by atoms with Crippen molar-refractivity contribution < 1.29 is 4.79 Å². The van der Waals surface area contributed by atoms with Gasteiger partial charge < -0.3 is 5.32 Å². The smallest absolute Gasteiger partial charge is 0.189 e. The lowest BCUT2D eigenvalue weighted by molar-refractivity contribution is 0.0696. The Balaban J connectivity index is 2.26. The molecule has 1 aliphatic heterocycles. The first kappa shape index (κ1) is 13.7. The molecule has 1 saturated heterocycles. The standard InChI is InChI=1S/C12H19BrN4O/c1-12(2,8-5-4-6-14-7-8)10(18)9-11(13)15-16-17(9)3/h8,14H,4-7H2,1-3H3. The zero-order valence-electron chi connectivity index (χ0n) is 11.0. The van der Waals surface area contributed by atoms with Gasteiger partial charge in [-0.15, -0.1) is 5.10 Å². The van der Waals surface area contributed by atoms with Crippen molar-refractivity contribution in [2.45, 2.75) is 26.7 Å². The number of hydrogen-bond acceptors (Lipinski definition) is 4. The van der Waals surface area contributed by atoms with Crippen LogP contribution in [-0.4, -0.2) is 33.9 Å². The third kappa shape index (κ3) is 2.36. The molecule has 1 unspecified atom stereocenters. The van der Waals surface area contributed by atoms with Gasteiger partial charge in [0.15, 0.2) is 10.4 Å². The molecule has 1 fully saturated rings. The van der Waals surface area contributed by atoms with Crippen molar-refractivity contribution in [2.24, 2.45) is 18.4 Å². The van der Waals surface area contributed by atoms with Crippen LogP contribution >= 0.6 is 15.9 Å². The van der Waals surface area contributed by atoms with E-state index in [0.717, 1.165) is 25.9 Å². The van der Waals surface area contributed by atoms with Crippen LogP contribution in [0.2, 0.25) is 0 Å². The summed E-state index contributed by atoms with van der Waals surface area (Å²) in [5, 5.41) is 11.1. The number of nitrogens with zero attached hydrogens (tertiary/aromatic N) is 3. The van der Waals surface area contributed by atoms with Crippen LogP contribution in [0.25, 0.3) is 0 Å². The molecule has 1 aliphatic rings. The van der Waals surface area contributed by atoms with Crippen molar-refractivity contribution in [3.8, 4) is 0 Å². The van der Waals surface area contributed by atoms with Crippen molar-refractivity contribution in [1.82, 2.24) is 20.3 Å². The van der Waals surface area contributed by atoms with Gasteiger partial charge in [0.2, 0.25) is 0 Å². The second-order valence-corrected chi connectivity index (χ2v) is 6.20. The summed E-state index contributed by atoms with van der Waals surface area (Å²) < 4.78 is 2.08. The number of aromatic nitrogens is 3. The molecule has 0 amide bonds. The number of ketones is 1. The Kier molecular flexibility index (Phi) is 3.87. The molecule has 0 bridgehead atoms. The van der Waals surface area contributed by atoms with Gasteiger partial charge in [-0.1, -0.05) is 19.1 Å². The number of Topliss-reactive ketones (excluding diaryl/α,β-unsaturated/α-hetero) is 1. The molecule has 1 atom stereocenters. The number of hydrogen-bond donors (Lipinski definition) is 1. The first-order valence-electron chi connectivity index (χ1n) is 6.25. The van der Waals surface area contributed by atoms with Gasteiger partial charge in [-0.3, -0.25) is 4.79 Å². The molecule has 0 radical (unpaired) electrons. The molecule has 1 aromatic heterocycles. The summed E-state index contributed by atoms with van der Waals surface area (Å²) in [6.07, 6.45) is 2.22. The molecule has 0 saturated carbocycles. The molecular formula is C12H19BrN4O. The van der Waals surface area contributed by atoms with Crippen molar-refractivity contribution in [3.05, 3.63) is 10.3 Å². The number of rotatable bonds is 3. The Morgan fingerprint density at radius 3 is 2.78 bits per heavy atom. The van der Waals surface area contributed by atoms with Gasteiger partial charge in [0, 0.05) is 12.5 Å². The highest BCUT2D eigenvalue weighted by Crippen LogP contribution is 2.36. The fraction of sp³-hybridized carbons (Fsp3) is 0.750. The predicted molar refractivity (Wildman–Crippen MR) is 72.4 cm³/mol. The minimum atomic E-state index is -0.397. The second-order valence-electron chi connectivity index (χ2n) is 5.45. The molecule has 0 aliphatic carbocycles. The van der Waals surface area contributed by atoms with Gasteiger partial charge >= 0.3 is 0 Å². The molecule has 100 valence electrons. The lowest BCUT2D eigenvalue weighted by Gasteiger charge is -2.35. The van der Waals surface area contributed by atoms with E-state index in [1.807, 2.05) is 13.8 Å². The third-order valence-corrected chi connectivity index (χ3v) is 4.44. The summed E-state index contributed by atoms with van der Waals surface area (Å²) in [5.41, 5.74) is 0.163. The van der Waals surface area contributed by atoms with E-state index in [-0.39, 0.29) is 5.78 Å². The molecule has 2 heterocycles. The summed E-state index contributed by atoms with van der Waals surface area (Å²) in [7, 11) is 1.75. The number of halogens is 1. The second kappa shape index (κ2) is 5.09. The zero-order chi connectivity index (χ0) is 13.3. The Morgan fingerprint density at radius 1 is 1.56 bits per heavy atom. The van der Waals surface area contributed by atoms with Crippen molar-refractivity contribution in [2.75, 3.05) is 13.1 Å². The molecule has 2 rings (SSSR count). The van der Waals surface area contributed by atoms with E-state index >= 15 is 0 Å². The predicted octanol–water partition coefficient (Wildman–Crippen LogP) is 1.79. The molecule has 0 spiro atoms. The van der Waals surface area contributed by atoms with E-state index in [9.17, 15) is 4.79 Å². The first-order valence-corrected chi connectivity index (χ1v) is 7.04. The normalized spacial score (nSPS) is 21.0. The van der Waals surface area contributed by atoms with Crippen molar-refractivity contribution in [1.29, 1.82) is 0 Å². The topological polar surface area (TPSA) is 59.8 Å². The van der Waals surface area contributed by atoms with Gasteiger partial charge in [-0.2, -0.15) is 0 Å². The van der Waals surface area contributed by atoms with E-state index in [1.54, 1.807) is 11.7 Å². The maximum atomic E-state index is 12.7. The van der Waals surface area contributed by atoms with Crippen LogP contribution in [0.3, 0.4) is 0 Å². The largest absolute Gasteiger partial charge is 0.316 e. The third-order valence-electron chi connectivity index (χ3n) is 3.90. The SMILES string of the molecule is Cn1nnc(Br)c1C(=O)C(C)(C)C1CCCNC1. The number of aryl methyl sites for hydroxylation is 1. The van der Waals surface area contributed by atoms with Crippen LogP contribution < -0.4 is 5.32 Å². The van der Waals surface area contributed by atoms with Gasteiger partial charge in [0.25, 0.3) is 0 Å². The number of carbonyl (C=O) groups excluding carboxylic acids is 1. The molecule has 5 nitrogen and oxygen atoms in total. The average Bonchev–Trinajstić information content (AvgIpc) is 2.69. The quantitative estimate of drug-likeness (QED) is 0.864. The molecule has 1 N–H and O–H groups in total. The van der Waals surface area contributed by atoms with E-state index in [4.69, 9.17) is 0 Å². The van der Waals surface area contributed by atoms with E-state index < -0.39 is 5.41 Å². The van der Waals surface area contributed by atoms with Crippen LogP contribution in [0.1, 0.15) is 37.2 Å². The molecule has 6 heteroatoms. The lowest BCUT2D eigenvalue weighted by Crippen LogP contribution is -2.43. The minimum absolute atomic E-state index is 0.107. The summed E-state index contributed by atoms with van der Waals surface area (Å²) in [4.78, 5) is 12.7. The van der Waals surface area contributed by atoms with Crippen LogP contribution in [0, 0.1) is 11.3 Å². The van der Waals surface area contributed by atoms with Crippen LogP contribution in [-0.2, 0) is 7.05 Å². The van der Waals surface area contributed by atoms with Crippen LogP contribution in [0.15, 0.2) is 4.60 Å². The van der Waals surface area contributed by atoms with E-state index in [0.29, 0.717) is 16.2 Å². The molecule has 1 aromatic rings. The fourth-order valence-electron chi connectivity index (χ4n) is 2.53. The Morgan fingerprint density at radius 2 is 2.28 bits per heavy atom. The summed E-state index contributed by atoms with van der Waals surface area (Å²) in [6.45, 7) is 6.00. The molecule has 0 aromatic carbocycles. The summed E-state index contributed by atoms with van der Waals surface area (Å²) >= 11 is 3.30. The van der Waals surface area contributed by atoms with Crippen molar-refractivity contribution >= 4 is 21.7 Å². The highest BCUT2D eigenvalue weighted by atomic mass is 79.9. The first-order chi connectivity index (χ1) is 8.44. The zero-order valence-corrected chi connectivity index (χ0v) is 12.6. The van der Waals surface area contributed by atoms with Crippen LogP contribution in [0.4, 0.5) is 0 Å². The lowest BCUT2D eigenvalue weighted by atomic mass is 9.71. The molecular weight excluding hydrogens is 296 g/mol. The fourth-order valence-corrected chi connectivity index (χ4v) is 3.04. The monoisotopic (exact) mass is 314 g/mol. The van der Waals surface area contributed by atoms with E-state index in [2.05, 4.69) is 31.6 Å². The van der Waals surface area contributed by atoms with Crippen LogP contribution in [0.5, 0.6) is 0 Å². The Labute approximate surface area is 115 Å². The van der Waals surface area contributed by atoms with E-state index in [1.165, 1.54) is 0 Å². The molecule has 18 heavy (non-hydrogen) atoms. The Hall–Kier alpha value is -0.750. The maximum Gasteiger partial charge on any atom is 0.189 e. The number of piperidine rings is 1. The highest BCUT2D eigenvalue weighted by Gasteiger charge is 2.40.